The number of likely N-dealkylation sites (N-methyl/N-ethyl adjacent to an activating group) is 1. The van der Waals surface area contributed by atoms with Crippen molar-refractivity contribution in [1.29, 1.82) is 0 Å². The van der Waals surface area contributed by atoms with Gasteiger partial charge in [-0.15, -0.1) is 0 Å². The highest BCUT2D eigenvalue weighted by atomic mass is 32.2. The second-order valence-corrected chi connectivity index (χ2v) is 8.06. The van der Waals surface area contributed by atoms with Crippen LogP contribution < -0.4 is 5.32 Å². The smallest absolute Gasteiger partial charge is 0.156 e. The Hall–Kier alpha value is -0.220. The van der Waals surface area contributed by atoms with Crippen LogP contribution in [0, 0.1) is 5.92 Å². The second-order valence-electron chi connectivity index (χ2n) is 7.05. The molecule has 20 heavy (non-hydrogen) atoms. The molecule has 3 nitrogen and oxygen atoms in total. The molecule has 1 saturated heterocycles. The van der Waals surface area contributed by atoms with Crippen LogP contribution in [-0.2, 0) is 0 Å². The molecule has 0 radical (unpaired) electrons. The Balaban J connectivity index is 1.61. The third-order valence-electron chi connectivity index (χ3n) is 5.65. The summed E-state index contributed by atoms with van der Waals surface area (Å²) >= 11 is 1.96. The van der Waals surface area contributed by atoms with Gasteiger partial charge in [0, 0.05) is 17.3 Å². The van der Waals surface area contributed by atoms with Gasteiger partial charge in [0.15, 0.2) is 5.17 Å². The normalized spacial score (nSPS) is 35.0. The predicted molar refractivity (Wildman–Crippen MR) is 88.5 cm³/mol. The van der Waals surface area contributed by atoms with Gasteiger partial charge >= 0.3 is 0 Å². The zero-order chi connectivity index (χ0) is 14.0. The monoisotopic (exact) mass is 295 g/mol. The van der Waals surface area contributed by atoms with Crippen LogP contribution in [0.1, 0.15) is 51.4 Å². The highest BCUT2D eigenvalue weighted by Crippen LogP contribution is 2.35. The van der Waals surface area contributed by atoms with Crippen molar-refractivity contribution in [2.45, 2.75) is 62.9 Å². The zero-order valence-electron chi connectivity index (χ0n) is 13.0. The topological polar surface area (TPSA) is 27.6 Å². The van der Waals surface area contributed by atoms with Crippen LogP contribution >= 0.6 is 11.8 Å². The summed E-state index contributed by atoms with van der Waals surface area (Å²) in [6.07, 6.45) is 11.0. The molecule has 0 spiro atoms. The lowest BCUT2D eigenvalue weighted by Gasteiger charge is -2.38. The summed E-state index contributed by atoms with van der Waals surface area (Å²) < 4.78 is 0. The third kappa shape index (κ3) is 3.01. The number of nitrogens with zero attached hydrogens (tertiary/aromatic N) is 2. The van der Waals surface area contributed by atoms with E-state index in [1.54, 1.807) is 0 Å². The summed E-state index contributed by atoms with van der Waals surface area (Å²) in [4.78, 5) is 7.39. The highest BCUT2D eigenvalue weighted by molar-refractivity contribution is 8.13. The first-order chi connectivity index (χ1) is 9.70. The molecule has 1 heterocycles. The molecular weight excluding hydrogens is 266 g/mol. The van der Waals surface area contributed by atoms with Crippen molar-refractivity contribution in [1.82, 2.24) is 10.2 Å². The number of nitrogens with one attached hydrogen (secondary N) is 1. The Bertz CT molecular complexity index is 361. The predicted octanol–water partition coefficient (Wildman–Crippen LogP) is 3.11. The van der Waals surface area contributed by atoms with Crippen LogP contribution in [0.4, 0.5) is 0 Å². The molecule has 2 saturated carbocycles. The van der Waals surface area contributed by atoms with Crippen molar-refractivity contribution in [2.75, 3.05) is 26.4 Å². The number of amidine groups is 1. The average Bonchev–Trinajstić information content (AvgIpc) is 2.95. The van der Waals surface area contributed by atoms with E-state index in [1.807, 2.05) is 11.8 Å². The van der Waals surface area contributed by atoms with Gasteiger partial charge in [0.1, 0.15) is 0 Å². The van der Waals surface area contributed by atoms with Crippen molar-refractivity contribution in [3.05, 3.63) is 0 Å². The Morgan fingerprint density at radius 1 is 1.20 bits per heavy atom. The maximum Gasteiger partial charge on any atom is 0.156 e. The number of fused-ring (bicyclic) bond motifs is 1. The SMILES string of the molecule is CN(C)C1(CN=C2NC3CCCCC3CS2)CCCC1. The van der Waals surface area contributed by atoms with Gasteiger partial charge in [-0.2, -0.15) is 0 Å². The van der Waals surface area contributed by atoms with Crippen molar-refractivity contribution >= 4 is 16.9 Å². The van der Waals surface area contributed by atoms with Crippen LogP contribution in [0.5, 0.6) is 0 Å². The lowest BCUT2D eigenvalue weighted by molar-refractivity contribution is 0.167. The van der Waals surface area contributed by atoms with E-state index in [1.165, 1.54) is 62.3 Å². The first-order valence-corrected chi connectivity index (χ1v) is 9.29. The number of hydrogen-bond acceptors (Lipinski definition) is 3. The van der Waals surface area contributed by atoms with Gasteiger partial charge in [-0.05, 0) is 45.7 Å². The summed E-state index contributed by atoms with van der Waals surface area (Å²) in [6, 6.07) is 0.711. The van der Waals surface area contributed by atoms with Gasteiger partial charge in [0.25, 0.3) is 0 Å². The van der Waals surface area contributed by atoms with Gasteiger partial charge in [-0.1, -0.05) is 37.4 Å². The average molecular weight is 295 g/mol. The molecule has 1 N–H and O–H groups in total. The molecule has 2 atom stereocenters. The molecule has 0 amide bonds. The Labute approximate surface area is 128 Å². The van der Waals surface area contributed by atoms with Crippen LogP contribution in [-0.4, -0.2) is 48.0 Å². The molecule has 114 valence electrons. The van der Waals surface area contributed by atoms with Crippen molar-refractivity contribution in [3.63, 3.8) is 0 Å². The molecule has 0 aromatic carbocycles. The first-order valence-electron chi connectivity index (χ1n) is 8.31. The van der Waals surface area contributed by atoms with Gasteiger partial charge in [-0.25, -0.2) is 0 Å². The lowest BCUT2D eigenvalue weighted by Crippen LogP contribution is -2.48. The van der Waals surface area contributed by atoms with Crippen LogP contribution in [0.25, 0.3) is 0 Å². The minimum absolute atomic E-state index is 0.332. The maximum atomic E-state index is 4.98. The summed E-state index contributed by atoms with van der Waals surface area (Å²) in [7, 11) is 4.45. The fourth-order valence-electron chi connectivity index (χ4n) is 4.07. The van der Waals surface area contributed by atoms with E-state index >= 15 is 0 Å². The summed E-state index contributed by atoms with van der Waals surface area (Å²) in [6.45, 7) is 0.979. The number of rotatable bonds is 3. The van der Waals surface area contributed by atoms with Crippen molar-refractivity contribution in [3.8, 4) is 0 Å². The molecule has 3 rings (SSSR count). The molecule has 1 aliphatic heterocycles. The summed E-state index contributed by atoms with van der Waals surface area (Å²) in [5.74, 6) is 2.17. The van der Waals surface area contributed by atoms with Crippen LogP contribution in [0.15, 0.2) is 4.99 Å². The minimum Gasteiger partial charge on any atom is -0.362 e. The van der Waals surface area contributed by atoms with Gasteiger partial charge < -0.3 is 10.2 Å². The number of thioether (sulfide) groups is 1. The van der Waals surface area contributed by atoms with E-state index in [9.17, 15) is 0 Å². The third-order valence-corrected chi connectivity index (χ3v) is 6.77. The van der Waals surface area contributed by atoms with Gasteiger partial charge in [0.2, 0.25) is 0 Å². The Kier molecular flexibility index (Phi) is 4.61. The fourth-order valence-corrected chi connectivity index (χ4v) is 5.23. The zero-order valence-corrected chi connectivity index (χ0v) is 13.8. The summed E-state index contributed by atoms with van der Waals surface area (Å²) in [5.41, 5.74) is 0.332. The second kappa shape index (κ2) is 6.27. The Morgan fingerprint density at radius 2 is 1.95 bits per heavy atom. The molecule has 0 aromatic rings. The molecular formula is C16H29N3S. The van der Waals surface area contributed by atoms with Gasteiger partial charge in [-0.3, -0.25) is 4.99 Å². The van der Waals surface area contributed by atoms with E-state index in [0.717, 1.165) is 12.5 Å². The number of hydrogen-bond donors (Lipinski definition) is 1. The minimum atomic E-state index is 0.332. The Morgan fingerprint density at radius 3 is 2.70 bits per heavy atom. The van der Waals surface area contributed by atoms with Crippen LogP contribution in [0.2, 0.25) is 0 Å². The van der Waals surface area contributed by atoms with Gasteiger partial charge in [0.05, 0.1) is 6.54 Å². The van der Waals surface area contributed by atoms with Crippen LogP contribution in [0.3, 0.4) is 0 Å². The maximum absolute atomic E-state index is 4.98. The quantitative estimate of drug-likeness (QED) is 0.867. The van der Waals surface area contributed by atoms with Crippen molar-refractivity contribution in [2.24, 2.45) is 10.9 Å². The molecule has 2 aliphatic carbocycles. The first kappa shape index (κ1) is 14.7. The van der Waals surface area contributed by atoms with E-state index in [-0.39, 0.29) is 0 Å². The molecule has 0 bridgehead atoms. The lowest BCUT2D eigenvalue weighted by atomic mass is 9.86. The molecule has 3 fully saturated rings. The summed E-state index contributed by atoms with van der Waals surface area (Å²) in [5, 5.41) is 4.95. The standard InChI is InChI=1S/C16H29N3S/c1-19(2)16(9-5-6-10-16)12-17-15-18-14-8-4-3-7-13(14)11-20-15/h13-14H,3-12H2,1-2H3,(H,17,18). The molecule has 3 aliphatic rings. The highest BCUT2D eigenvalue weighted by Gasteiger charge is 2.36. The fraction of sp³-hybridized carbons (Fsp3) is 0.938. The van der Waals surface area contributed by atoms with Crippen molar-refractivity contribution < 1.29 is 0 Å². The number of aliphatic imine (C=N–C) groups is 1. The molecule has 0 aromatic heterocycles. The van der Waals surface area contributed by atoms with E-state index in [0.29, 0.717) is 11.6 Å². The molecule has 4 heteroatoms. The van der Waals surface area contributed by atoms with E-state index < -0.39 is 0 Å². The molecule has 2 unspecified atom stereocenters. The van der Waals surface area contributed by atoms with E-state index in [2.05, 4.69) is 24.3 Å². The van der Waals surface area contributed by atoms with E-state index in [4.69, 9.17) is 4.99 Å². The largest absolute Gasteiger partial charge is 0.362 e.